The molecule has 0 aliphatic carbocycles. The third-order valence-electron chi connectivity index (χ3n) is 2.78. The molecule has 0 spiro atoms. The second-order valence-electron chi connectivity index (χ2n) is 5.04. The lowest BCUT2D eigenvalue weighted by molar-refractivity contribution is 0.352. The number of unbranched alkanes of at least 4 members (excludes halogenated alkanes) is 4. The Morgan fingerprint density at radius 1 is 0.875 bits per heavy atom. The lowest BCUT2D eigenvalue weighted by atomic mass is 10.2. The van der Waals surface area contributed by atoms with E-state index in [1.807, 2.05) is 0 Å². The molecule has 1 nitrogen and oxygen atoms in total. The molecule has 0 unspecified atom stereocenters. The number of hydrogen-bond acceptors (Lipinski definition) is 1. The summed E-state index contributed by atoms with van der Waals surface area (Å²) in [7, 11) is 0. The Morgan fingerprint density at radius 2 is 1.38 bits per heavy atom. The Balaban J connectivity index is 3.85. The summed E-state index contributed by atoms with van der Waals surface area (Å²) in [5, 5.41) is 0. The summed E-state index contributed by atoms with van der Waals surface area (Å²) in [4.78, 5) is 2.51. The van der Waals surface area contributed by atoms with E-state index in [2.05, 4.69) is 44.9 Å². The largest absolute Gasteiger partial charge is 0.378 e. The van der Waals surface area contributed by atoms with Crippen molar-refractivity contribution in [2.45, 2.75) is 66.2 Å². The minimum Gasteiger partial charge on any atom is -0.378 e. The van der Waals surface area contributed by atoms with Gasteiger partial charge in [0.25, 0.3) is 0 Å². The molecule has 0 radical (unpaired) electrons. The lowest BCUT2D eigenvalue weighted by Gasteiger charge is -2.20. The van der Waals surface area contributed by atoms with Gasteiger partial charge in [-0.1, -0.05) is 59.5 Å². The lowest BCUT2D eigenvalue weighted by Crippen LogP contribution is -2.20. The highest BCUT2D eigenvalue weighted by molar-refractivity contribution is 4.85. The van der Waals surface area contributed by atoms with Crippen molar-refractivity contribution in [1.82, 2.24) is 4.90 Å². The van der Waals surface area contributed by atoms with E-state index in [4.69, 9.17) is 0 Å². The van der Waals surface area contributed by atoms with Gasteiger partial charge in [0.1, 0.15) is 0 Å². The van der Waals surface area contributed by atoms with Crippen LogP contribution in [0.15, 0.2) is 12.3 Å². The van der Waals surface area contributed by atoms with Gasteiger partial charge in [0.2, 0.25) is 0 Å². The van der Waals surface area contributed by atoms with E-state index in [9.17, 15) is 0 Å². The molecule has 1 heteroatoms. The summed E-state index contributed by atoms with van der Waals surface area (Å²) in [6.07, 6.45) is 12.7. The Morgan fingerprint density at radius 3 is 1.75 bits per heavy atom. The van der Waals surface area contributed by atoms with Crippen LogP contribution in [0.5, 0.6) is 0 Å². The van der Waals surface area contributed by atoms with Crippen molar-refractivity contribution < 1.29 is 0 Å². The first kappa shape index (κ1) is 15.5. The quantitative estimate of drug-likeness (QED) is 0.481. The van der Waals surface area contributed by atoms with Crippen molar-refractivity contribution in [2.75, 3.05) is 13.1 Å². The molecule has 96 valence electrons. The zero-order valence-corrected chi connectivity index (χ0v) is 11.8. The molecule has 0 rings (SSSR count). The number of nitrogens with zero attached hydrogens (tertiary/aromatic N) is 1. The van der Waals surface area contributed by atoms with Crippen LogP contribution in [-0.4, -0.2) is 18.0 Å². The average Bonchev–Trinajstić information content (AvgIpc) is 2.25. The van der Waals surface area contributed by atoms with Crippen LogP contribution in [0.25, 0.3) is 0 Å². The van der Waals surface area contributed by atoms with Gasteiger partial charge in [-0.15, -0.1) is 0 Å². The molecule has 16 heavy (non-hydrogen) atoms. The topological polar surface area (TPSA) is 3.24 Å². The molecule has 0 N–H and O–H groups in total. The predicted molar refractivity (Wildman–Crippen MR) is 74.6 cm³/mol. The van der Waals surface area contributed by atoms with Crippen molar-refractivity contribution in [3.8, 4) is 0 Å². The molecule has 0 saturated carbocycles. The highest BCUT2D eigenvalue weighted by Gasteiger charge is 1.99. The Labute approximate surface area is 103 Å². The van der Waals surface area contributed by atoms with Gasteiger partial charge in [-0.3, -0.25) is 0 Å². The zero-order chi connectivity index (χ0) is 12.2. The molecule has 0 amide bonds. The molecule has 0 atom stereocenters. The first-order valence-corrected chi connectivity index (χ1v) is 7.13. The minimum atomic E-state index is 0.667. The molecule has 0 aliphatic rings. The van der Waals surface area contributed by atoms with Crippen LogP contribution in [0, 0.1) is 5.92 Å². The monoisotopic (exact) mass is 225 g/mol. The van der Waals surface area contributed by atoms with E-state index in [1.165, 1.54) is 51.6 Å². The summed E-state index contributed by atoms with van der Waals surface area (Å²) < 4.78 is 0. The van der Waals surface area contributed by atoms with Crippen LogP contribution < -0.4 is 0 Å². The minimum absolute atomic E-state index is 0.667. The van der Waals surface area contributed by atoms with Crippen molar-refractivity contribution in [1.29, 1.82) is 0 Å². The van der Waals surface area contributed by atoms with Crippen LogP contribution >= 0.6 is 0 Å². The van der Waals surface area contributed by atoms with Crippen molar-refractivity contribution in [3.05, 3.63) is 12.3 Å². The molecule has 0 aromatic heterocycles. The van der Waals surface area contributed by atoms with Crippen LogP contribution in [-0.2, 0) is 0 Å². The Bertz CT molecular complexity index is 151. The van der Waals surface area contributed by atoms with Crippen LogP contribution in [0.1, 0.15) is 66.2 Å². The summed E-state index contributed by atoms with van der Waals surface area (Å²) in [5.74, 6) is 0.667. The maximum absolute atomic E-state index is 2.51. The molecule has 0 saturated heterocycles. The van der Waals surface area contributed by atoms with Gasteiger partial charge < -0.3 is 4.90 Å². The van der Waals surface area contributed by atoms with E-state index >= 15 is 0 Å². The van der Waals surface area contributed by atoms with Gasteiger partial charge in [-0.2, -0.15) is 0 Å². The summed E-state index contributed by atoms with van der Waals surface area (Å²) >= 11 is 0. The fourth-order valence-corrected chi connectivity index (χ4v) is 1.68. The molecule has 0 aliphatic heterocycles. The number of hydrogen-bond donors (Lipinski definition) is 0. The maximum Gasteiger partial charge on any atom is 0.0172 e. The number of allylic oxidation sites excluding steroid dienone is 1. The van der Waals surface area contributed by atoms with Gasteiger partial charge in [0, 0.05) is 13.1 Å². The standard InChI is InChI=1S/C15H31N/c1-5-7-9-12-16(13-10-8-6-2)14-11-15(3)4/h11,14-15H,5-10,12-13H2,1-4H3/b14-11+. The highest BCUT2D eigenvalue weighted by Crippen LogP contribution is 2.05. The van der Waals surface area contributed by atoms with E-state index in [1.54, 1.807) is 0 Å². The second kappa shape index (κ2) is 11.0. The molecule has 0 fully saturated rings. The third-order valence-corrected chi connectivity index (χ3v) is 2.78. The van der Waals surface area contributed by atoms with E-state index in [0.29, 0.717) is 5.92 Å². The van der Waals surface area contributed by atoms with Gasteiger partial charge in [-0.05, 0) is 25.0 Å². The highest BCUT2D eigenvalue weighted by atomic mass is 15.1. The first-order valence-electron chi connectivity index (χ1n) is 7.13. The Kier molecular flexibility index (Phi) is 10.7. The molecule has 0 aromatic carbocycles. The fourth-order valence-electron chi connectivity index (χ4n) is 1.68. The SMILES string of the molecule is CCCCCN(/C=C/C(C)C)CCCCC. The zero-order valence-electron chi connectivity index (χ0n) is 11.8. The first-order chi connectivity index (χ1) is 7.70. The molecule has 0 bridgehead atoms. The number of rotatable bonds is 10. The molecular formula is C15H31N. The maximum atomic E-state index is 2.51. The van der Waals surface area contributed by atoms with E-state index in [0.717, 1.165) is 0 Å². The van der Waals surface area contributed by atoms with E-state index in [-0.39, 0.29) is 0 Å². The van der Waals surface area contributed by atoms with E-state index < -0.39 is 0 Å². The van der Waals surface area contributed by atoms with Crippen molar-refractivity contribution in [3.63, 3.8) is 0 Å². The molecule has 0 aromatic rings. The summed E-state index contributed by atoms with van der Waals surface area (Å²) in [5.41, 5.74) is 0. The summed E-state index contributed by atoms with van der Waals surface area (Å²) in [6.45, 7) is 11.5. The molecule has 0 heterocycles. The van der Waals surface area contributed by atoms with Gasteiger partial charge in [-0.25, -0.2) is 0 Å². The summed E-state index contributed by atoms with van der Waals surface area (Å²) in [6, 6.07) is 0. The predicted octanol–water partition coefficient (Wildman–Crippen LogP) is 4.84. The van der Waals surface area contributed by atoms with Crippen LogP contribution in [0.3, 0.4) is 0 Å². The van der Waals surface area contributed by atoms with Gasteiger partial charge in [0.05, 0.1) is 0 Å². The third kappa shape index (κ3) is 10.1. The second-order valence-corrected chi connectivity index (χ2v) is 5.04. The van der Waals surface area contributed by atoms with Crippen molar-refractivity contribution in [2.24, 2.45) is 5.92 Å². The average molecular weight is 225 g/mol. The van der Waals surface area contributed by atoms with Gasteiger partial charge in [0.15, 0.2) is 0 Å². The van der Waals surface area contributed by atoms with Crippen molar-refractivity contribution >= 4 is 0 Å². The fraction of sp³-hybridized carbons (Fsp3) is 0.867. The van der Waals surface area contributed by atoms with Crippen LogP contribution in [0.4, 0.5) is 0 Å². The normalized spacial score (nSPS) is 11.6. The smallest absolute Gasteiger partial charge is 0.0172 e. The molecular weight excluding hydrogens is 194 g/mol. The van der Waals surface area contributed by atoms with Crippen LogP contribution in [0.2, 0.25) is 0 Å². The van der Waals surface area contributed by atoms with Gasteiger partial charge >= 0.3 is 0 Å². The Hall–Kier alpha value is -0.460.